The molecule has 0 unspecified atom stereocenters. The highest BCUT2D eigenvalue weighted by Gasteiger charge is 2.38. The smallest absolute Gasteiger partial charge is 0.288 e. The second-order valence-electron chi connectivity index (χ2n) is 9.78. The van der Waals surface area contributed by atoms with Gasteiger partial charge >= 0.3 is 0 Å². The lowest BCUT2D eigenvalue weighted by atomic mass is 9.83. The van der Waals surface area contributed by atoms with Crippen molar-refractivity contribution in [1.82, 2.24) is 14.7 Å². The highest BCUT2D eigenvalue weighted by molar-refractivity contribution is 5.97. The number of ether oxygens (including phenoxy) is 1. The quantitative estimate of drug-likeness (QED) is 0.554. The molecule has 0 spiro atoms. The molecule has 1 aliphatic rings. The van der Waals surface area contributed by atoms with Gasteiger partial charge in [-0.25, -0.2) is 13.8 Å². The number of halogens is 4. The molecule has 2 heterocycles. The maximum absolute atomic E-state index is 14.5. The Morgan fingerprint density at radius 2 is 1.94 bits per heavy atom. The van der Waals surface area contributed by atoms with Crippen molar-refractivity contribution in [2.75, 3.05) is 13.7 Å². The number of nitriles is 1. The zero-order chi connectivity index (χ0) is 25.5. The number of methoxy groups -OCH3 is 1. The minimum absolute atomic E-state index is 0.0211. The molecule has 0 saturated heterocycles. The van der Waals surface area contributed by atoms with Crippen LogP contribution in [0.2, 0.25) is 0 Å². The van der Waals surface area contributed by atoms with Crippen LogP contribution >= 0.6 is 0 Å². The zero-order valence-corrected chi connectivity index (χ0v) is 20.1. The molecule has 0 aromatic carbocycles. The van der Waals surface area contributed by atoms with Gasteiger partial charge in [-0.3, -0.25) is 9.20 Å². The Morgan fingerprint density at radius 3 is 2.47 bits per heavy atom. The normalized spacial score (nSPS) is 17.1. The number of nitrogens with zero attached hydrogens (tertiary/aromatic N) is 3. The van der Waals surface area contributed by atoms with Crippen molar-refractivity contribution in [2.45, 2.75) is 77.2 Å². The Bertz CT molecular complexity index is 1120. The van der Waals surface area contributed by atoms with Crippen LogP contribution in [-0.2, 0) is 17.1 Å². The summed E-state index contributed by atoms with van der Waals surface area (Å²) in [6.45, 7) is 6.07. The van der Waals surface area contributed by atoms with E-state index in [1.54, 1.807) is 20.8 Å². The fraction of sp³-hybridized carbons (Fsp3) is 0.625. The Labute approximate surface area is 196 Å². The van der Waals surface area contributed by atoms with Crippen LogP contribution in [0, 0.1) is 24.2 Å². The van der Waals surface area contributed by atoms with E-state index in [2.05, 4.69) is 10.3 Å². The summed E-state index contributed by atoms with van der Waals surface area (Å²) in [4.78, 5) is 17.0. The number of alkyl halides is 4. The predicted octanol–water partition coefficient (Wildman–Crippen LogP) is 5.15. The topological polar surface area (TPSA) is 79.4 Å². The summed E-state index contributed by atoms with van der Waals surface area (Å²) in [5.41, 5.74) is -0.457. The van der Waals surface area contributed by atoms with Crippen molar-refractivity contribution in [3.05, 3.63) is 34.3 Å². The van der Waals surface area contributed by atoms with E-state index in [1.165, 1.54) is 17.6 Å². The third-order valence-electron chi connectivity index (χ3n) is 6.57. The van der Waals surface area contributed by atoms with Crippen molar-refractivity contribution >= 4 is 11.6 Å². The number of aromatic nitrogens is 2. The number of imidazole rings is 1. The van der Waals surface area contributed by atoms with E-state index in [9.17, 15) is 27.6 Å². The molecule has 0 bridgehead atoms. The summed E-state index contributed by atoms with van der Waals surface area (Å²) in [5.74, 6) is -6.76. The highest BCUT2D eigenvalue weighted by atomic mass is 19.3. The van der Waals surface area contributed by atoms with Crippen molar-refractivity contribution < 1.29 is 27.1 Å². The highest BCUT2D eigenvalue weighted by Crippen LogP contribution is 2.40. The van der Waals surface area contributed by atoms with Crippen LogP contribution in [0.1, 0.15) is 79.5 Å². The van der Waals surface area contributed by atoms with Crippen molar-refractivity contribution in [3.63, 3.8) is 0 Å². The summed E-state index contributed by atoms with van der Waals surface area (Å²) in [6, 6.07) is 3.41. The minimum atomic E-state index is -3.31. The number of amides is 1. The van der Waals surface area contributed by atoms with Gasteiger partial charge in [-0.05, 0) is 57.6 Å². The van der Waals surface area contributed by atoms with Crippen LogP contribution in [-0.4, -0.2) is 40.5 Å². The van der Waals surface area contributed by atoms with Crippen LogP contribution in [0.15, 0.2) is 6.07 Å². The van der Waals surface area contributed by atoms with Crippen molar-refractivity contribution in [2.24, 2.45) is 5.92 Å². The fourth-order valence-corrected chi connectivity index (χ4v) is 4.30. The Hall–Kier alpha value is -2.67. The first-order valence-corrected chi connectivity index (χ1v) is 11.2. The molecule has 1 amide bonds. The summed E-state index contributed by atoms with van der Waals surface area (Å²) >= 11 is 0. The lowest BCUT2D eigenvalue weighted by molar-refractivity contribution is -0.0460. The van der Waals surface area contributed by atoms with Crippen LogP contribution in [0.5, 0.6) is 0 Å². The Morgan fingerprint density at radius 1 is 1.32 bits per heavy atom. The lowest BCUT2D eigenvalue weighted by Crippen LogP contribution is -2.40. The molecule has 6 nitrogen and oxygen atoms in total. The molecule has 1 fully saturated rings. The van der Waals surface area contributed by atoms with Gasteiger partial charge in [0.05, 0.1) is 11.3 Å². The molecule has 2 aromatic heterocycles. The monoisotopic (exact) mass is 482 g/mol. The summed E-state index contributed by atoms with van der Waals surface area (Å²) in [6.07, 6.45) is -0.0913. The Balaban J connectivity index is 2.07. The standard InChI is InChI=1S/C24H30F4N4O2/c1-14-16(21(33)30-13-22(2,3)34-5)11-19-31-20(23(4,25)26)17(32(19)18(14)12-29)10-15-6-8-24(27,28)9-7-15/h11,15H,6-10,13H2,1-5H3,(H,30,33). The number of fused-ring (bicyclic) bond motifs is 1. The van der Waals surface area contributed by atoms with Crippen LogP contribution in [0.25, 0.3) is 5.65 Å². The number of hydrogen-bond acceptors (Lipinski definition) is 4. The molecule has 1 N–H and O–H groups in total. The van der Waals surface area contributed by atoms with Gasteiger partial charge in [-0.2, -0.15) is 14.0 Å². The Kier molecular flexibility index (Phi) is 7.00. The number of carbonyl (C=O) groups excluding carboxylic acids is 1. The van der Waals surface area contributed by atoms with Crippen molar-refractivity contribution in [1.29, 1.82) is 5.26 Å². The molecule has 2 aromatic rings. The van der Waals surface area contributed by atoms with E-state index >= 15 is 0 Å². The second kappa shape index (κ2) is 9.17. The van der Waals surface area contributed by atoms with Crippen LogP contribution in [0.4, 0.5) is 17.6 Å². The first-order chi connectivity index (χ1) is 15.7. The van der Waals surface area contributed by atoms with Crippen molar-refractivity contribution in [3.8, 4) is 6.07 Å². The van der Waals surface area contributed by atoms with E-state index in [-0.39, 0.29) is 67.2 Å². The molecule has 10 heteroatoms. The number of carbonyl (C=O) groups is 1. The second-order valence-corrected chi connectivity index (χ2v) is 9.78. The SMILES string of the molecule is COC(C)(C)CNC(=O)c1cc2nc(C(C)(F)F)c(CC3CCC(F)(F)CC3)n2c(C#N)c1C. The molecular formula is C24H30F4N4O2. The fourth-order valence-electron chi connectivity index (χ4n) is 4.30. The van der Waals surface area contributed by atoms with Gasteiger partial charge in [0.15, 0.2) is 0 Å². The van der Waals surface area contributed by atoms with Crippen LogP contribution < -0.4 is 5.32 Å². The summed E-state index contributed by atoms with van der Waals surface area (Å²) in [7, 11) is 1.52. The molecule has 0 aliphatic heterocycles. The average Bonchev–Trinajstić information content (AvgIpc) is 3.11. The van der Waals surface area contributed by atoms with Gasteiger partial charge in [0.25, 0.3) is 11.8 Å². The molecule has 1 saturated carbocycles. The van der Waals surface area contributed by atoms with E-state index in [4.69, 9.17) is 4.74 Å². The van der Waals surface area contributed by atoms with Gasteiger partial charge in [0.1, 0.15) is 23.1 Å². The molecule has 0 atom stereocenters. The molecule has 34 heavy (non-hydrogen) atoms. The first-order valence-electron chi connectivity index (χ1n) is 11.2. The van der Waals surface area contributed by atoms with Gasteiger partial charge in [-0.15, -0.1) is 0 Å². The molecule has 3 rings (SSSR count). The first kappa shape index (κ1) is 25.9. The summed E-state index contributed by atoms with van der Waals surface area (Å²) in [5, 5.41) is 12.6. The maximum atomic E-state index is 14.5. The molecule has 0 radical (unpaired) electrons. The maximum Gasteiger partial charge on any atom is 0.288 e. The molecule has 1 aliphatic carbocycles. The average molecular weight is 483 g/mol. The molecular weight excluding hydrogens is 452 g/mol. The number of hydrogen-bond donors (Lipinski definition) is 1. The number of nitrogens with one attached hydrogen (secondary N) is 1. The number of rotatable bonds is 7. The largest absolute Gasteiger partial charge is 0.377 e. The van der Waals surface area contributed by atoms with Crippen LogP contribution in [0.3, 0.4) is 0 Å². The third kappa shape index (κ3) is 5.35. The van der Waals surface area contributed by atoms with E-state index in [1.807, 2.05) is 6.07 Å². The summed E-state index contributed by atoms with van der Waals surface area (Å²) < 4.78 is 62.9. The van der Waals surface area contributed by atoms with Gasteiger partial charge in [0, 0.05) is 39.0 Å². The van der Waals surface area contributed by atoms with E-state index in [0.29, 0.717) is 12.5 Å². The van der Waals surface area contributed by atoms with Gasteiger partial charge in [0.2, 0.25) is 5.92 Å². The van der Waals surface area contributed by atoms with E-state index < -0.39 is 29.0 Å². The van der Waals surface area contributed by atoms with Gasteiger partial charge in [-0.1, -0.05) is 0 Å². The third-order valence-corrected chi connectivity index (χ3v) is 6.57. The van der Waals surface area contributed by atoms with Gasteiger partial charge < -0.3 is 10.1 Å². The lowest BCUT2D eigenvalue weighted by Gasteiger charge is -2.28. The van der Waals surface area contributed by atoms with E-state index in [0.717, 1.165) is 0 Å². The predicted molar refractivity (Wildman–Crippen MR) is 118 cm³/mol. The zero-order valence-electron chi connectivity index (χ0n) is 20.1. The minimum Gasteiger partial charge on any atom is -0.377 e. The number of pyridine rings is 1. The molecule has 186 valence electrons.